The number of ether oxygens (including phenoxy) is 1. The Morgan fingerprint density at radius 3 is 2.60 bits per heavy atom. The molecule has 0 aliphatic carbocycles. The third-order valence-electron chi connectivity index (χ3n) is 3.07. The molecule has 2 aromatic rings. The largest absolute Gasteiger partial charge is 0.496 e. The van der Waals surface area contributed by atoms with Crippen molar-refractivity contribution >= 4 is 21.4 Å². The number of sulfonamides is 1. The summed E-state index contributed by atoms with van der Waals surface area (Å²) in [6.45, 7) is 4.16. The van der Waals surface area contributed by atoms with E-state index in [0.29, 0.717) is 4.21 Å². The fourth-order valence-electron chi connectivity index (χ4n) is 1.92. The molecule has 0 aliphatic rings. The maximum absolute atomic E-state index is 12.1. The van der Waals surface area contributed by atoms with E-state index in [1.54, 1.807) is 24.6 Å². The first-order chi connectivity index (χ1) is 9.44. The van der Waals surface area contributed by atoms with Crippen LogP contribution >= 0.6 is 11.3 Å². The van der Waals surface area contributed by atoms with E-state index < -0.39 is 10.0 Å². The van der Waals surface area contributed by atoms with Crippen molar-refractivity contribution in [3.63, 3.8) is 0 Å². The van der Waals surface area contributed by atoms with E-state index in [9.17, 15) is 8.42 Å². The van der Waals surface area contributed by atoms with Crippen LogP contribution in [-0.2, 0) is 16.6 Å². The van der Waals surface area contributed by atoms with Gasteiger partial charge in [-0.1, -0.05) is 12.1 Å². The van der Waals surface area contributed by atoms with Gasteiger partial charge < -0.3 is 4.74 Å². The Kier molecular flexibility index (Phi) is 4.47. The number of benzene rings is 1. The molecule has 0 bridgehead atoms. The first-order valence-electron chi connectivity index (χ1n) is 6.11. The predicted octanol–water partition coefficient (Wildman–Crippen LogP) is 2.85. The van der Waals surface area contributed by atoms with Gasteiger partial charge in [-0.3, -0.25) is 0 Å². The SMILES string of the molecule is COc1cc(C)c(CNS(=O)(=O)c2cccs2)cc1C. The van der Waals surface area contributed by atoms with Crippen LogP contribution in [0.5, 0.6) is 5.75 Å². The first-order valence-corrected chi connectivity index (χ1v) is 8.47. The second kappa shape index (κ2) is 5.95. The minimum absolute atomic E-state index is 0.275. The van der Waals surface area contributed by atoms with Crippen LogP contribution in [0.1, 0.15) is 16.7 Å². The Morgan fingerprint density at radius 2 is 2.00 bits per heavy atom. The molecule has 0 fully saturated rings. The highest BCUT2D eigenvalue weighted by atomic mass is 32.2. The van der Waals surface area contributed by atoms with Gasteiger partial charge >= 0.3 is 0 Å². The molecule has 0 radical (unpaired) electrons. The topological polar surface area (TPSA) is 55.4 Å². The molecule has 0 amide bonds. The molecule has 4 nitrogen and oxygen atoms in total. The Balaban J connectivity index is 2.18. The zero-order chi connectivity index (χ0) is 14.8. The fourth-order valence-corrected chi connectivity index (χ4v) is 3.96. The predicted molar refractivity (Wildman–Crippen MR) is 80.8 cm³/mol. The van der Waals surface area contributed by atoms with Crippen LogP contribution in [0.2, 0.25) is 0 Å². The van der Waals surface area contributed by atoms with Crippen molar-refractivity contribution in [3.05, 3.63) is 46.3 Å². The molecule has 0 saturated heterocycles. The summed E-state index contributed by atoms with van der Waals surface area (Å²) < 4.78 is 32.3. The highest BCUT2D eigenvalue weighted by Crippen LogP contribution is 2.23. The van der Waals surface area contributed by atoms with Crippen molar-refractivity contribution in [1.82, 2.24) is 4.72 Å². The van der Waals surface area contributed by atoms with Gasteiger partial charge in [-0.2, -0.15) is 0 Å². The van der Waals surface area contributed by atoms with E-state index in [-0.39, 0.29) is 6.54 Å². The van der Waals surface area contributed by atoms with Gasteiger partial charge in [0, 0.05) is 6.54 Å². The molecule has 1 N–H and O–H groups in total. The monoisotopic (exact) mass is 311 g/mol. The maximum atomic E-state index is 12.1. The molecule has 6 heteroatoms. The van der Waals surface area contributed by atoms with Crippen molar-refractivity contribution in [3.8, 4) is 5.75 Å². The van der Waals surface area contributed by atoms with Crippen molar-refractivity contribution < 1.29 is 13.2 Å². The van der Waals surface area contributed by atoms with Crippen LogP contribution in [0.4, 0.5) is 0 Å². The summed E-state index contributed by atoms with van der Waals surface area (Å²) in [5.41, 5.74) is 2.94. The van der Waals surface area contributed by atoms with Gasteiger partial charge in [-0.15, -0.1) is 11.3 Å². The minimum atomic E-state index is -3.42. The van der Waals surface area contributed by atoms with E-state index in [2.05, 4.69) is 4.72 Å². The van der Waals surface area contributed by atoms with Gasteiger partial charge in [0.2, 0.25) is 10.0 Å². The van der Waals surface area contributed by atoms with Gasteiger partial charge in [0.25, 0.3) is 0 Å². The third-order valence-corrected chi connectivity index (χ3v) is 5.86. The molecule has 2 rings (SSSR count). The van der Waals surface area contributed by atoms with Crippen LogP contribution < -0.4 is 9.46 Å². The Hall–Kier alpha value is -1.37. The zero-order valence-electron chi connectivity index (χ0n) is 11.6. The molecule has 0 saturated carbocycles. The summed E-state index contributed by atoms with van der Waals surface area (Å²) in [7, 11) is -1.80. The molecule has 1 aromatic heterocycles. The van der Waals surface area contributed by atoms with E-state index in [0.717, 1.165) is 22.4 Å². The molecule has 0 atom stereocenters. The van der Waals surface area contributed by atoms with E-state index in [1.165, 1.54) is 11.3 Å². The van der Waals surface area contributed by atoms with Crippen molar-refractivity contribution in [2.75, 3.05) is 7.11 Å². The molecule has 0 aliphatic heterocycles. The molecule has 0 spiro atoms. The molecule has 20 heavy (non-hydrogen) atoms. The second-order valence-electron chi connectivity index (χ2n) is 4.50. The van der Waals surface area contributed by atoms with Gasteiger partial charge in [0.1, 0.15) is 9.96 Å². The summed E-state index contributed by atoms with van der Waals surface area (Å²) >= 11 is 1.21. The summed E-state index contributed by atoms with van der Waals surface area (Å²) in [4.78, 5) is 0. The van der Waals surface area contributed by atoms with Crippen LogP contribution in [0, 0.1) is 13.8 Å². The van der Waals surface area contributed by atoms with Crippen LogP contribution in [-0.4, -0.2) is 15.5 Å². The Bertz CT molecular complexity index is 691. The van der Waals surface area contributed by atoms with Crippen molar-refractivity contribution in [2.24, 2.45) is 0 Å². The zero-order valence-corrected chi connectivity index (χ0v) is 13.3. The Labute approximate surface area is 123 Å². The minimum Gasteiger partial charge on any atom is -0.496 e. The molecular weight excluding hydrogens is 294 g/mol. The average molecular weight is 311 g/mol. The summed E-state index contributed by atoms with van der Waals surface area (Å²) in [6.07, 6.45) is 0. The number of nitrogens with one attached hydrogen (secondary N) is 1. The summed E-state index contributed by atoms with van der Waals surface area (Å²) in [5, 5.41) is 1.75. The van der Waals surface area contributed by atoms with Gasteiger partial charge in [-0.05, 0) is 48.1 Å². The standard InChI is InChI=1S/C14H17NO3S2/c1-10-8-13(18-3)11(2)7-12(10)9-15-20(16,17)14-5-4-6-19-14/h4-8,15H,9H2,1-3H3. The number of hydrogen-bond donors (Lipinski definition) is 1. The number of aryl methyl sites for hydroxylation is 2. The highest BCUT2D eigenvalue weighted by Gasteiger charge is 2.15. The quantitative estimate of drug-likeness (QED) is 0.924. The lowest BCUT2D eigenvalue weighted by atomic mass is 10.0. The van der Waals surface area contributed by atoms with Crippen LogP contribution in [0.15, 0.2) is 33.9 Å². The average Bonchev–Trinajstić information content (AvgIpc) is 2.94. The van der Waals surface area contributed by atoms with E-state index in [4.69, 9.17) is 4.74 Å². The van der Waals surface area contributed by atoms with E-state index in [1.807, 2.05) is 26.0 Å². The first kappa shape index (κ1) is 15.0. The third kappa shape index (κ3) is 3.20. The summed E-state index contributed by atoms with van der Waals surface area (Å²) in [6, 6.07) is 7.19. The van der Waals surface area contributed by atoms with Gasteiger partial charge in [0.15, 0.2) is 0 Å². The van der Waals surface area contributed by atoms with Gasteiger partial charge in [0.05, 0.1) is 7.11 Å². The maximum Gasteiger partial charge on any atom is 0.250 e. The van der Waals surface area contributed by atoms with Crippen LogP contribution in [0.3, 0.4) is 0 Å². The molecule has 1 heterocycles. The lowest BCUT2D eigenvalue weighted by Gasteiger charge is -2.12. The highest BCUT2D eigenvalue weighted by molar-refractivity contribution is 7.91. The van der Waals surface area contributed by atoms with Crippen molar-refractivity contribution in [1.29, 1.82) is 0 Å². The number of thiophene rings is 1. The number of hydrogen-bond acceptors (Lipinski definition) is 4. The summed E-state index contributed by atoms with van der Waals surface area (Å²) in [5.74, 6) is 0.812. The molecule has 108 valence electrons. The normalized spacial score (nSPS) is 11.6. The van der Waals surface area contributed by atoms with E-state index >= 15 is 0 Å². The molecular formula is C14H17NO3S2. The molecule has 0 unspecified atom stereocenters. The lowest BCUT2D eigenvalue weighted by molar-refractivity contribution is 0.411. The van der Waals surface area contributed by atoms with Crippen LogP contribution in [0.25, 0.3) is 0 Å². The fraction of sp³-hybridized carbons (Fsp3) is 0.286. The second-order valence-corrected chi connectivity index (χ2v) is 7.45. The lowest BCUT2D eigenvalue weighted by Crippen LogP contribution is -2.22. The molecule has 1 aromatic carbocycles. The number of rotatable bonds is 5. The smallest absolute Gasteiger partial charge is 0.250 e. The number of methoxy groups -OCH3 is 1. The van der Waals surface area contributed by atoms with Crippen molar-refractivity contribution in [2.45, 2.75) is 24.6 Å². The Morgan fingerprint density at radius 1 is 1.25 bits per heavy atom. The van der Waals surface area contributed by atoms with Gasteiger partial charge in [-0.25, -0.2) is 13.1 Å².